The normalized spacial score (nSPS) is 11.1. The molecule has 0 aliphatic carbocycles. The second-order valence-corrected chi connectivity index (χ2v) is 7.44. The quantitative estimate of drug-likeness (QED) is 0.801. The Labute approximate surface area is 153 Å². The zero-order valence-corrected chi connectivity index (χ0v) is 15.9. The predicted molar refractivity (Wildman–Crippen MR) is 101 cm³/mol. The summed E-state index contributed by atoms with van der Waals surface area (Å²) < 4.78 is 0. The number of nitrogens with one attached hydrogen (secondary N) is 1. The lowest BCUT2D eigenvalue weighted by Crippen LogP contribution is -2.56. The number of aryl methyl sites for hydroxylation is 1. The molecule has 1 N–H and O–H groups in total. The van der Waals surface area contributed by atoms with Gasteiger partial charge in [-0.2, -0.15) is 0 Å². The molecule has 0 radical (unpaired) electrons. The fraction of sp³-hybridized carbons (Fsp3) is 0.300. The minimum atomic E-state index is -0.605. The largest absolute Gasteiger partial charge is 0.273 e. The van der Waals surface area contributed by atoms with E-state index in [4.69, 9.17) is 11.6 Å². The second-order valence-electron chi connectivity index (χ2n) is 7.03. The van der Waals surface area contributed by atoms with E-state index >= 15 is 0 Å². The fourth-order valence-corrected chi connectivity index (χ4v) is 2.53. The molecule has 0 spiro atoms. The number of halogens is 1. The van der Waals surface area contributed by atoms with Gasteiger partial charge in [0.25, 0.3) is 11.8 Å². The summed E-state index contributed by atoms with van der Waals surface area (Å²) in [6.07, 6.45) is 0. The molecule has 0 saturated heterocycles. The van der Waals surface area contributed by atoms with E-state index in [9.17, 15) is 9.59 Å². The van der Waals surface area contributed by atoms with E-state index < -0.39 is 5.54 Å². The summed E-state index contributed by atoms with van der Waals surface area (Å²) in [6.45, 7) is 9.33. The lowest BCUT2D eigenvalue weighted by Gasteiger charge is -2.36. The van der Waals surface area contributed by atoms with Gasteiger partial charge in [0.2, 0.25) is 0 Å². The van der Waals surface area contributed by atoms with Crippen LogP contribution in [-0.4, -0.2) is 22.4 Å². The predicted octanol–water partition coefficient (Wildman–Crippen LogP) is 4.54. The molecular weight excluding hydrogens is 336 g/mol. The van der Waals surface area contributed by atoms with Gasteiger partial charge >= 0.3 is 0 Å². The van der Waals surface area contributed by atoms with Gasteiger partial charge in [-0.25, -0.2) is 5.01 Å². The van der Waals surface area contributed by atoms with Crippen molar-refractivity contribution in [2.45, 2.75) is 40.2 Å². The van der Waals surface area contributed by atoms with Crippen molar-refractivity contribution in [2.75, 3.05) is 0 Å². The molecule has 0 aliphatic rings. The van der Waals surface area contributed by atoms with Crippen molar-refractivity contribution in [2.24, 2.45) is 0 Å². The summed E-state index contributed by atoms with van der Waals surface area (Å²) in [5.74, 6) is -0.629. The highest BCUT2D eigenvalue weighted by Crippen LogP contribution is 2.22. The Morgan fingerprint density at radius 1 is 1.00 bits per heavy atom. The van der Waals surface area contributed by atoms with E-state index in [0.717, 1.165) is 5.56 Å². The van der Waals surface area contributed by atoms with Crippen molar-refractivity contribution >= 4 is 23.4 Å². The van der Waals surface area contributed by atoms with Crippen LogP contribution in [-0.2, 0) is 0 Å². The zero-order chi connectivity index (χ0) is 18.8. The van der Waals surface area contributed by atoms with Crippen LogP contribution in [0.25, 0.3) is 0 Å². The zero-order valence-electron chi connectivity index (χ0n) is 15.2. The van der Waals surface area contributed by atoms with Gasteiger partial charge in [0, 0.05) is 16.1 Å². The third-order valence-electron chi connectivity index (χ3n) is 3.90. The first-order valence-electron chi connectivity index (χ1n) is 8.08. The van der Waals surface area contributed by atoms with Crippen LogP contribution in [0, 0.1) is 13.8 Å². The number of rotatable bonds is 2. The van der Waals surface area contributed by atoms with E-state index in [1.807, 2.05) is 39.8 Å². The minimum absolute atomic E-state index is 0.298. The lowest BCUT2D eigenvalue weighted by molar-refractivity contribution is 0.0358. The minimum Gasteiger partial charge on any atom is -0.267 e. The van der Waals surface area contributed by atoms with Crippen LogP contribution >= 0.6 is 11.6 Å². The Hall–Kier alpha value is -2.33. The molecule has 132 valence electrons. The van der Waals surface area contributed by atoms with Gasteiger partial charge in [0.15, 0.2) is 0 Å². The third kappa shape index (κ3) is 4.40. The van der Waals surface area contributed by atoms with Gasteiger partial charge in [-0.1, -0.05) is 35.4 Å². The first-order chi connectivity index (χ1) is 11.6. The number of hydrazine groups is 1. The Kier molecular flexibility index (Phi) is 5.53. The topological polar surface area (TPSA) is 49.4 Å². The van der Waals surface area contributed by atoms with Crippen molar-refractivity contribution in [1.82, 2.24) is 10.4 Å². The monoisotopic (exact) mass is 358 g/mol. The third-order valence-corrected chi connectivity index (χ3v) is 4.31. The number of amides is 2. The van der Waals surface area contributed by atoms with Crippen molar-refractivity contribution in [3.8, 4) is 0 Å². The summed E-state index contributed by atoms with van der Waals surface area (Å²) in [5.41, 5.74) is 4.85. The molecule has 25 heavy (non-hydrogen) atoms. The molecule has 2 rings (SSSR count). The molecule has 0 bridgehead atoms. The van der Waals surface area contributed by atoms with Gasteiger partial charge in [-0.3, -0.25) is 15.0 Å². The highest BCUT2D eigenvalue weighted by Gasteiger charge is 2.30. The van der Waals surface area contributed by atoms with E-state index in [1.165, 1.54) is 5.01 Å². The number of hydrogen-bond acceptors (Lipinski definition) is 2. The van der Waals surface area contributed by atoms with Crippen LogP contribution in [0.4, 0.5) is 0 Å². The smallest absolute Gasteiger partial charge is 0.267 e. The van der Waals surface area contributed by atoms with E-state index in [-0.39, 0.29) is 11.8 Å². The van der Waals surface area contributed by atoms with Crippen LogP contribution in [0.3, 0.4) is 0 Å². The van der Waals surface area contributed by atoms with E-state index in [0.29, 0.717) is 21.7 Å². The maximum atomic E-state index is 13.0. The molecule has 0 atom stereocenters. The fourth-order valence-electron chi connectivity index (χ4n) is 2.35. The number of carbonyl (C=O) groups excluding carboxylic acids is 2. The maximum absolute atomic E-state index is 13.0. The van der Waals surface area contributed by atoms with Gasteiger partial charge in [0.1, 0.15) is 0 Å². The van der Waals surface area contributed by atoms with Gasteiger partial charge in [0.05, 0.1) is 5.54 Å². The summed E-state index contributed by atoms with van der Waals surface area (Å²) in [6, 6.07) is 12.4. The maximum Gasteiger partial charge on any atom is 0.273 e. The molecule has 4 nitrogen and oxygen atoms in total. The van der Waals surface area contributed by atoms with Gasteiger partial charge in [-0.05, 0) is 64.4 Å². The second kappa shape index (κ2) is 7.28. The first kappa shape index (κ1) is 19.0. The Bertz CT molecular complexity index is 792. The average Bonchev–Trinajstić information content (AvgIpc) is 2.54. The molecule has 0 unspecified atom stereocenters. The van der Waals surface area contributed by atoms with Crippen LogP contribution < -0.4 is 5.43 Å². The van der Waals surface area contributed by atoms with Crippen molar-refractivity contribution in [3.05, 3.63) is 69.7 Å². The SMILES string of the molecule is Cc1ccc(C(=O)NN(C(=O)c2cccc(Cl)c2C)C(C)(C)C)cc1. The average molecular weight is 359 g/mol. The summed E-state index contributed by atoms with van der Waals surface area (Å²) in [4.78, 5) is 25.6. The molecular formula is C20H23ClN2O2. The first-order valence-corrected chi connectivity index (χ1v) is 8.46. The number of hydrogen-bond donors (Lipinski definition) is 1. The molecule has 5 heteroatoms. The Morgan fingerprint density at radius 3 is 2.16 bits per heavy atom. The number of nitrogens with zero attached hydrogens (tertiary/aromatic N) is 1. The summed E-state index contributed by atoms with van der Waals surface area (Å²) in [7, 11) is 0. The molecule has 2 amide bonds. The highest BCUT2D eigenvalue weighted by molar-refractivity contribution is 6.31. The molecule has 0 aliphatic heterocycles. The summed E-state index contributed by atoms with van der Waals surface area (Å²) >= 11 is 6.14. The van der Waals surface area contributed by atoms with Crippen molar-refractivity contribution in [1.29, 1.82) is 0 Å². The summed E-state index contributed by atoms with van der Waals surface area (Å²) in [5, 5.41) is 1.87. The van der Waals surface area contributed by atoms with Crippen LogP contribution in [0.5, 0.6) is 0 Å². The Balaban J connectivity index is 2.33. The van der Waals surface area contributed by atoms with Crippen molar-refractivity contribution < 1.29 is 9.59 Å². The molecule has 0 aromatic heterocycles. The van der Waals surface area contributed by atoms with Crippen molar-refractivity contribution in [3.63, 3.8) is 0 Å². The van der Waals surface area contributed by atoms with Crippen LogP contribution in [0.15, 0.2) is 42.5 Å². The van der Waals surface area contributed by atoms with Gasteiger partial charge < -0.3 is 0 Å². The van der Waals surface area contributed by atoms with Crippen LogP contribution in [0.2, 0.25) is 5.02 Å². The number of benzene rings is 2. The molecule has 2 aromatic carbocycles. The standard InChI is InChI=1S/C20H23ClN2O2/c1-13-9-11-15(12-10-13)18(24)22-23(20(3,4)5)19(25)16-7-6-8-17(21)14(16)2/h6-12H,1-5H3,(H,22,24). The lowest BCUT2D eigenvalue weighted by atomic mass is 10.0. The molecule has 2 aromatic rings. The van der Waals surface area contributed by atoms with E-state index in [2.05, 4.69) is 5.43 Å². The highest BCUT2D eigenvalue weighted by atomic mass is 35.5. The van der Waals surface area contributed by atoms with E-state index in [1.54, 1.807) is 37.3 Å². The molecule has 0 fully saturated rings. The molecule has 0 heterocycles. The van der Waals surface area contributed by atoms with Gasteiger partial charge in [-0.15, -0.1) is 0 Å². The molecule has 0 saturated carbocycles. The number of carbonyl (C=O) groups is 2. The Morgan fingerprint density at radius 2 is 1.60 bits per heavy atom. The van der Waals surface area contributed by atoms with Crippen LogP contribution in [0.1, 0.15) is 52.6 Å².